The van der Waals surface area contributed by atoms with E-state index in [1.165, 1.54) is 17.2 Å². The number of hydrogen-bond donors (Lipinski definition) is 1. The first-order valence-electron chi connectivity index (χ1n) is 10.6. The monoisotopic (exact) mass is 458 g/mol. The fraction of sp³-hybridized carbons (Fsp3) is 0.429. The van der Waals surface area contributed by atoms with Gasteiger partial charge in [-0.15, -0.1) is 4.80 Å². The highest BCUT2D eigenvalue weighted by atomic mass is 19.4. The molecule has 0 aromatic carbocycles. The lowest BCUT2D eigenvalue weighted by Crippen LogP contribution is -2.48. The zero-order valence-electron chi connectivity index (χ0n) is 17.7. The van der Waals surface area contributed by atoms with Crippen molar-refractivity contribution in [1.82, 2.24) is 34.8 Å². The number of rotatable bonds is 5. The van der Waals surface area contributed by atoms with Gasteiger partial charge in [-0.25, -0.2) is 15.0 Å². The normalized spacial score (nSPS) is 22.1. The number of amides is 1. The third-order valence-electron chi connectivity index (χ3n) is 6.09. The third kappa shape index (κ3) is 4.37. The van der Waals surface area contributed by atoms with Crippen molar-refractivity contribution in [2.45, 2.75) is 32.0 Å². The van der Waals surface area contributed by atoms with E-state index in [0.29, 0.717) is 42.5 Å². The van der Waals surface area contributed by atoms with Crippen molar-refractivity contribution >= 4 is 11.7 Å². The minimum Gasteiger partial charge on any atom is -0.367 e. The Hall–Kier alpha value is -3.57. The van der Waals surface area contributed by atoms with Crippen molar-refractivity contribution in [1.29, 1.82) is 0 Å². The first-order chi connectivity index (χ1) is 15.8. The molecule has 172 valence electrons. The molecule has 0 radical (unpaired) electrons. The number of alkyl halides is 3. The summed E-state index contributed by atoms with van der Waals surface area (Å²) >= 11 is 0. The number of piperidine rings is 1. The van der Waals surface area contributed by atoms with Crippen molar-refractivity contribution in [2.24, 2.45) is 11.8 Å². The second-order valence-corrected chi connectivity index (χ2v) is 8.41. The highest BCUT2D eigenvalue weighted by Crippen LogP contribution is 2.47. The first-order valence-corrected chi connectivity index (χ1v) is 10.6. The van der Waals surface area contributed by atoms with Gasteiger partial charge in [-0.3, -0.25) is 4.79 Å². The number of anilines is 1. The second-order valence-electron chi connectivity index (χ2n) is 8.41. The molecule has 1 aliphatic carbocycles. The van der Waals surface area contributed by atoms with E-state index in [9.17, 15) is 18.0 Å². The molecule has 0 spiro atoms. The fourth-order valence-electron chi connectivity index (χ4n) is 4.28. The molecule has 1 amide bonds. The van der Waals surface area contributed by atoms with Crippen LogP contribution in [-0.4, -0.2) is 59.9 Å². The van der Waals surface area contributed by atoms with Crippen molar-refractivity contribution in [3.63, 3.8) is 0 Å². The van der Waals surface area contributed by atoms with E-state index >= 15 is 0 Å². The molecule has 3 aromatic heterocycles. The van der Waals surface area contributed by atoms with Crippen LogP contribution in [0.5, 0.6) is 0 Å². The van der Waals surface area contributed by atoms with Crippen molar-refractivity contribution in [3.8, 4) is 5.69 Å². The lowest BCUT2D eigenvalue weighted by atomic mass is 10.0. The van der Waals surface area contributed by atoms with Gasteiger partial charge in [0.05, 0.1) is 24.8 Å². The Morgan fingerprint density at radius 2 is 1.91 bits per heavy atom. The molecule has 1 saturated heterocycles. The largest absolute Gasteiger partial charge is 0.434 e. The molecule has 2 fully saturated rings. The van der Waals surface area contributed by atoms with Crippen LogP contribution in [0.3, 0.4) is 0 Å². The average molecular weight is 458 g/mol. The van der Waals surface area contributed by atoms with Gasteiger partial charge in [-0.1, -0.05) is 0 Å². The third-order valence-corrected chi connectivity index (χ3v) is 6.09. The summed E-state index contributed by atoms with van der Waals surface area (Å²) < 4.78 is 38.2. The average Bonchev–Trinajstić information content (AvgIpc) is 3.34. The summed E-state index contributed by atoms with van der Waals surface area (Å²) in [6, 6.07) is 3.40. The number of nitrogens with zero attached hydrogens (tertiary/aromatic N) is 7. The van der Waals surface area contributed by atoms with Crippen LogP contribution in [0.1, 0.15) is 34.7 Å². The van der Waals surface area contributed by atoms with Gasteiger partial charge in [0.25, 0.3) is 5.91 Å². The Balaban J connectivity index is 1.36. The quantitative estimate of drug-likeness (QED) is 0.627. The van der Waals surface area contributed by atoms with E-state index in [1.54, 1.807) is 17.0 Å². The maximum absolute atomic E-state index is 13.6. The molecule has 9 nitrogen and oxygen atoms in total. The van der Waals surface area contributed by atoms with Crippen LogP contribution >= 0.6 is 0 Å². The molecule has 5 rings (SSSR count). The van der Waals surface area contributed by atoms with Gasteiger partial charge in [0.15, 0.2) is 11.4 Å². The van der Waals surface area contributed by atoms with Crippen molar-refractivity contribution in [3.05, 3.63) is 54.0 Å². The molecular formula is C21H21F3N8O. The smallest absolute Gasteiger partial charge is 0.367 e. The van der Waals surface area contributed by atoms with Crippen LogP contribution in [0, 0.1) is 18.8 Å². The van der Waals surface area contributed by atoms with Crippen LogP contribution in [0.4, 0.5) is 19.0 Å². The van der Waals surface area contributed by atoms with Gasteiger partial charge in [-0.2, -0.15) is 23.4 Å². The summed E-state index contributed by atoms with van der Waals surface area (Å²) in [5.74, 6) is 1.02. The lowest BCUT2D eigenvalue weighted by Gasteiger charge is -2.35. The summed E-state index contributed by atoms with van der Waals surface area (Å²) in [5.41, 5.74) is 0.414. The predicted octanol–water partition coefficient (Wildman–Crippen LogP) is 2.74. The van der Waals surface area contributed by atoms with Gasteiger partial charge >= 0.3 is 6.18 Å². The van der Waals surface area contributed by atoms with Crippen LogP contribution in [0.2, 0.25) is 0 Å². The standard InChI is InChI=1S/C21H21F3N8O/c1-12-2-3-16(32-28-4-5-29-32)19(30-12)20(33)31-11-14-6-13(14)7-15(31)8-26-18-10-25-17(9-27-18)21(22,23)24/h2-5,9-10,13-15H,6-8,11H2,1H3,(H,26,27)/t13-,14+,15-/m0/s1. The Morgan fingerprint density at radius 1 is 1.12 bits per heavy atom. The number of likely N-dealkylation sites (tertiary alicyclic amines) is 1. The Morgan fingerprint density at radius 3 is 2.61 bits per heavy atom. The molecule has 0 unspecified atom stereocenters. The van der Waals surface area contributed by atoms with Crippen molar-refractivity contribution < 1.29 is 18.0 Å². The van der Waals surface area contributed by atoms with Crippen LogP contribution in [0.15, 0.2) is 36.9 Å². The van der Waals surface area contributed by atoms with E-state index in [-0.39, 0.29) is 23.5 Å². The van der Waals surface area contributed by atoms with E-state index in [4.69, 9.17) is 0 Å². The number of carbonyl (C=O) groups excluding carboxylic acids is 1. The number of aryl methyl sites for hydroxylation is 1. The maximum atomic E-state index is 13.6. The van der Waals surface area contributed by atoms with E-state index in [1.807, 2.05) is 6.92 Å². The summed E-state index contributed by atoms with van der Waals surface area (Å²) in [4.78, 5) is 28.5. The molecule has 0 bridgehead atoms. The van der Waals surface area contributed by atoms with E-state index < -0.39 is 11.9 Å². The highest BCUT2D eigenvalue weighted by molar-refractivity contribution is 5.96. The molecule has 1 N–H and O–H groups in total. The van der Waals surface area contributed by atoms with Crippen LogP contribution in [0.25, 0.3) is 5.69 Å². The molecule has 4 heterocycles. The van der Waals surface area contributed by atoms with Gasteiger partial charge in [-0.05, 0) is 43.7 Å². The highest BCUT2D eigenvalue weighted by Gasteiger charge is 2.47. The SMILES string of the molecule is Cc1ccc(-n2nccn2)c(C(=O)N2C[C@H]3C[C@H]3C[C@H]2CNc2cnc(C(F)(F)F)cn2)n1. The molecule has 3 aromatic rings. The Labute approximate surface area is 187 Å². The summed E-state index contributed by atoms with van der Waals surface area (Å²) in [5, 5.41) is 11.3. The first kappa shape index (κ1) is 21.3. The molecule has 1 saturated carbocycles. The van der Waals surface area contributed by atoms with Gasteiger partial charge in [0, 0.05) is 24.8 Å². The number of hydrogen-bond acceptors (Lipinski definition) is 7. The summed E-state index contributed by atoms with van der Waals surface area (Å²) in [6.45, 7) is 2.76. The molecule has 2 aliphatic rings. The Bertz CT molecular complexity index is 1150. The second kappa shape index (κ2) is 8.09. The fourth-order valence-corrected chi connectivity index (χ4v) is 4.28. The minimum absolute atomic E-state index is 0.161. The predicted molar refractivity (Wildman–Crippen MR) is 110 cm³/mol. The van der Waals surface area contributed by atoms with Gasteiger partial charge < -0.3 is 10.2 Å². The number of nitrogens with one attached hydrogen (secondary N) is 1. The number of carbonyl (C=O) groups is 1. The topological polar surface area (TPSA) is 102 Å². The van der Waals surface area contributed by atoms with Crippen LogP contribution < -0.4 is 5.32 Å². The number of halogens is 3. The summed E-state index contributed by atoms with van der Waals surface area (Å²) in [7, 11) is 0. The number of pyridine rings is 1. The van der Waals surface area contributed by atoms with Gasteiger partial charge in [0.2, 0.25) is 0 Å². The zero-order chi connectivity index (χ0) is 23.2. The molecule has 33 heavy (non-hydrogen) atoms. The molecule has 12 heteroatoms. The zero-order valence-corrected chi connectivity index (χ0v) is 17.7. The molecular weight excluding hydrogens is 437 g/mol. The molecule has 3 atom stereocenters. The summed E-state index contributed by atoms with van der Waals surface area (Å²) in [6.07, 6.45) is 2.14. The number of fused-ring (bicyclic) bond motifs is 1. The minimum atomic E-state index is -4.54. The maximum Gasteiger partial charge on any atom is 0.434 e. The van der Waals surface area contributed by atoms with E-state index in [0.717, 1.165) is 19.0 Å². The Kier molecular flexibility index (Phi) is 5.22. The molecule has 1 aliphatic heterocycles. The van der Waals surface area contributed by atoms with E-state index in [2.05, 4.69) is 30.5 Å². The van der Waals surface area contributed by atoms with Crippen molar-refractivity contribution in [2.75, 3.05) is 18.4 Å². The van der Waals surface area contributed by atoms with Crippen LogP contribution in [-0.2, 0) is 6.18 Å². The lowest BCUT2D eigenvalue weighted by molar-refractivity contribution is -0.141. The van der Waals surface area contributed by atoms with Gasteiger partial charge in [0.1, 0.15) is 11.5 Å². The number of aromatic nitrogens is 6.